The first-order valence-electron chi connectivity index (χ1n) is 6.80. The number of anilines is 1. The highest BCUT2D eigenvalue weighted by Crippen LogP contribution is 2.31. The van der Waals surface area contributed by atoms with E-state index < -0.39 is 0 Å². The molecule has 4 heteroatoms. The van der Waals surface area contributed by atoms with Gasteiger partial charge in [0.1, 0.15) is 5.75 Å². The molecular formula is C15H22BrNO2. The molecular weight excluding hydrogens is 306 g/mol. The van der Waals surface area contributed by atoms with Gasteiger partial charge in [-0.2, -0.15) is 0 Å². The molecule has 1 N–H and O–H groups in total. The van der Waals surface area contributed by atoms with E-state index in [9.17, 15) is 0 Å². The Morgan fingerprint density at radius 3 is 2.95 bits per heavy atom. The Morgan fingerprint density at radius 2 is 2.26 bits per heavy atom. The molecule has 106 valence electrons. The minimum atomic E-state index is 0.00597. The Morgan fingerprint density at radius 1 is 1.47 bits per heavy atom. The Balaban J connectivity index is 2.06. The van der Waals surface area contributed by atoms with Gasteiger partial charge in [0.15, 0.2) is 0 Å². The third kappa shape index (κ3) is 3.86. The highest BCUT2D eigenvalue weighted by atomic mass is 79.9. The summed E-state index contributed by atoms with van der Waals surface area (Å²) in [5.41, 5.74) is 1.10. The summed E-state index contributed by atoms with van der Waals surface area (Å²) in [4.78, 5) is 0. The maximum absolute atomic E-state index is 5.88. The van der Waals surface area contributed by atoms with Crippen LogP contribution in [0.3, 0.4) is 0 Å². The van der Waals surface area contributed by atoms with E-state index >= 15 is 0 Å². The molecule has 2 rings (SSSR count). The SMILES string of the molecule is CCC1(C)CC(Nc2cc(Br)cc(OC)c2)CCO1. The van der Waals surface area contributed by atoms with E-state index in [2.05, 4.69) is 41.2 Å². The fraction of sp³-hybridized carbons (Fsp3) is 0.600. The topological polar surface area (TPSA) is 30.5 Å². The van der Waals surface area contributed by atoms with Crippen molar-refractivity contribution in [1.29, 1.82) is 0 Å². The number of rotatable bonds is 4. The second-order valence-corrected chi connectivity index (χ2v) is 6.28. The van der Waals surface area contributed by atoms with Gasteiger partial charge in [0.05, 0.1) is 12.7 Å². The average molecular weight is 328 g/mol. The molecule has 0 spiro atoms. The van der Waals surface area contributed by atoms with Crippen LogP contribution in [-0.2, 0) is 4.74 Å². The summed E-state index contributed by atoms with van der Waals surface area (Å²) in [7, 11) is 1.69. The smallest absolute Gasteiger partial charge is 0.122 e. The van der Waals surface area contributed by atoms with Crippen molar-refractivity contribution in [2.24, 2.45) is 0 Å². The minimum absolute atomic E-state index is 0.00597. The summed E-state index contributed by atoms with van der Waals surface area (Å²) in [5.74, 6) is 0.863. The van der Waals surface area contributed by atoms with Gasteiger partial charge in [-0.3, -0.25) is 0 Å². The van der Waals surface area contributed by atoms with Gasteiger partial charge in [-0.25, -0.2) is 0 Å². The third-order valence-electron chi connectivity index (χ3n) is 3.82. The predicted octanol–water partition coefficient (Wildman–Crippen LogP) is 4.22. The Labute approximate surface area is 123 Å². The Hall–Kier alpha value is -0.740. The Bertz CT molecular complexity index is 438. The van der Waals surface area contributed by atoms with Gasteiger partial charge in [-0.1, -0.05) is 22.9 Å². The van der Waals surface area contributed by atoms with Crippen LogP contribution in [0.15, 0.2) is 22.7 Å². The lowest BCUT2D eigenvalue weighted by Crippen LogP contribution is -2.41. The molecule has 0 radical (unpaired) electrons. The highest BCUT2D eigenvalue weighted by Gasteiger charge is 2.31. The molecule has 1 saturated heterocycles. The maximum atomic E-state index is 5.88. The molecule has 1 aliphatic heterocycles. The molecule has 3 nitrogen and oxygen atoms in total. The monoisotopic (exact) mass is 327 g/mol. The zero-order chi connectivity index (χ0) is 13.9. The second kappa shape index (κ2) is 6.14. The fourth-order valence-electron chi connectivity index (χ4n) is 2.50. The van der Waals surface area contributed by atoms with Crippen LogP contribution in [0, 0.1) is 0 Å². The zero-order valence-electron chi connectivity index (χ0n) is 11.8. The molecule has 0 aliphatic carbocycles. The molecule has 0 saturated carbocycles. The molecule has 1 aliphatic rings. The molecule has 0 bridgehead atoms. The molecule has 0 aromatic heterocycles. The van der Waals surface area contributed by atoms with Crippen LogP contribution in [0.5, 0.6) is 5.75 Å². The summed E-state index contributed by atoms with van der Waals surface area (Å²) in [6.45, 7) is 5.21. The van der Waals surface area contributed by atoms with Crippen LogP contribution >= 0.6 is 15.9 Å². The molecule has 2 atom stereocenters. The second-order valence-electron chi connectivity index (χ2n) is 5.37. The van der Waals surface area contributed by atoms with Crippen molar-refractivity contribution in [1.82, 2.24) is 0 Å². The average Bonchev–Trinajstić information content (AvgIpc) is 2.38. The summed E-state index contributed by atoms with van der Waals surface area (Å²) in [6.07, 6.45) is 3.13. The van der Waals surface area contributed by atoms with Gasteiger partial charge in [0.2, 0.25) is 0 Å². The number of hydrogen-bond donors (Lipinski definition) is 1. The van der Waals surface area contributed by atoms with Crippen molar-refractivity contribution in [3.63, 3.8) is 0 Å². The van der Waals surface area contributed by atoms with Gasteiger partial charge in [0, 0.05) is 28.9 Å². The van der Waals surface area contributed by atoms with Gasteiger partial charge < -0.3 is 14.8 Å². The van der Waals surface area contributed by atoms with E-state index in [1.165, 1.54) is 0 Å². The van der Waals surface area contributed by atoms with Crippen LogP contribution in [0.25, 0.3) is 0 Å². The largest absolute Gasteiger partial charge is 0.497 e. The normalized spacial score (nSPS) is 27.1. The van der Waals surface area contributed by atoms with Crippen LogP contribution < -0.4 is 10.1 Å². The Kier molecular flexibility index (Phi) is 4.74. The first-order valence-corrected chi connectivity index (χ1v) is 7.59. The molecule has 1 aromatic rings. The highest BCUT2D eigenvalue weighted by molar-refractivity contribution is 9.10. The number of ether oxygens (including phenoxy) is 2. The van der Waals surface area contributed by atoms with E-state index in [0.29, 0.717) is 6.04 Å². The predicted molar refractivity (Wildman–Crippen MR) is 82.0 cm³/mol. The number of halogens is 1. The van der Waals surface area contributed by atoms with E-state index in [4.69, 9.17) is 9.47 Å². The quantitative estimate of drug-likeness (QED) is 0.898. The summed E-state index contributed by atoms with van der Waals surface area (Å²) in [6, 6.07) is 6.54. The first-order chi connectivity index (χ1) is 9.04. The molecule has 1 heterocycles. The lowest BCUT2D eigenvalue weighted by atomic mass is 9.90. The number of hydrogen-bond acceptors (Lipinski definition) is 3. The van der Waals surface area contributed by atoms with Crippen molar-refractivity contribution in [2.45, 2.75) is 44.8 Å². The van der Waals surface area contributed by atoms with Gasteiger partial charge in [-0.05, 0) is 38.3 Å². The van der Waals surface area contributed by atoms with Gasteiger partial charge in [0.25, 0.3) is 0 Å². The number of methoxy groups -OCH3 is 1. The number of nitrogens with one attached hydrogen (secondary N) is 1. The summed E-state index contributed by atoms with van der Waals surface area (Å²) >= 11 is 3.51. The van der Waals surface area contributed by atoms with Gasteiger partial charge in [-0.15, -0.1) is 0 Å². The van der Waals surface area contributed by atoms with Crippen molar-refractivity contribution in [2.75, 3.05) is 19.0 Å². The zero-order valence-corrected chi connectivity index (χ0v) is 13.4. The molecule has 19 heavy (non-hydrogen) atoms. The van der Waals surface area contributed by atoms with Crippen molar-refractivity contribution >= 4 is 21.6 Å². The lowest BCUT2D eigenvalue weighted by molar-refractivity contribution is -0.0708. The number of benzene rings is 1. The molecule has 2 unspecified atom stereocenters. The molecule has 1 fully saturated rings. The van der Waals surface area contributed by atoms with Crippen molar-refractivity contribution in [3.05, 3.63) is 22.7 Å². The summed E-state index contributed by atoms with van der Waals surface area (Å²) in [5, 5.41) is 3.60. The van der Waals surface area contributed by atoms with E-state index in [-0.39, 0.29) is 5.60 Å². The van der Waals surface area contributed by atoms with Crippen LogP contribution in [0.1, 0.15) is 33.1 Å². The first kappa shape index (κ1) is 14.7. The van der Waals surface area contributed by atoms with E-state index in [1.807, 2.05) is 12.1 Å². The van der Waals surface area contributed by atoms with Gasteiger partial charge >= 0.3 is 0 Å². The van der Waals surface area contributed by atoms with Crippen molar-refractivity contribution in [3.8, 4) is 5.75 Å². The minimum Gasteiger partial charge on any atom is -0.497 e. The van der Waals surface area contributed by atoms with Crippen LogP contribution in [-0.4, -0.2) is 25.4 Å². The van der Waals surface area contributed by atoms with E-state index in [0.717, 1.165) is 41.8 Å². The van der Waals surface area contributed by atoms with Crippen LogP contribution in [0.2, 0.25) is 0 Å². The molecule has 0 amide bonds. The third-order valence-corrected chi connectivity index (χ3v) is 4.28. The van der Waals surface area contributed by atoms with Crippen LogP contribution in [0.4, 0.5) is 5.69 Å². The standard InChI is InChI=1S/C15H22BrNO2/c1-4-15(2)10-12(5-6-19-15)17-13-7-11(16)8-14(9-13)18-3/h7-9,12,17H,4-6,10H2,1-3H3. The fourth-order valence-corrected chi connectivity index (χ4v) is 2.97. The van der Waals surface area contributed by atoms with Crippen molar-refractivity contribution < 1.29 is 9.47 Å². The maximum Gasteiger partial charge on any atom is 0.122 e. The molecule has 1 aromatic carbocycles. The lowest BCUT2D eigenvalue weighted by Gasteiger charge is -2.38. The summed E-state index contributed by atoms with van der Waals surface area (Å²) < 4.78 is 12.2. The van der Waals surface area contributed by atoms with E-state index in [1.54, 1.807) is 7.11 Å².